The van der Waals surface area contributed by atoms with Gasteiger partial charge in [-0.15, -0.1) is 0 Å². The van der Waals surface area contributed by atoms with Crippen LogP contribution in [0.15, 0.2) is 61.1 Å². The zero-order valence-corrected chi connectivity index (χ0v) is 20.3. The molecule has 0 spiro atoms. The molecule has 4 aromatic rings. The van der Waals surface area contributed by atoms with Crippen LogP contribution in [0.1, 0.15) is 32.3 Å². The number of rotatable bonds is 6. The first-order valence-electron chi connectivity index (χ1n) is 12.6. The molecule has 4 heterocycles. The van der Waals surface area contributed by atoms with E-state index in [0.29, 0.717) is 12.0 Å². The molecule has 180 valence electrons. The van der Waals surface area contributed by atoms with Crippen molar-refractivity contribution in [3.63, 3.8) is 0 Å². The summed E-state index contributed by atoms with van der Waals surface area (Å²) in [6.07, 6.45) is 6.13. The maximum Gasteiger partial charge on any atom is 0.179 e. The van der Waals surface area contributed by atoms with Crippen LogP contribution in [0.25, 0.3) is 28.3 Å². The highest BCUT2D eigenvalue weighted by Gasteiger charge is 2.26. The number of hydrogen-bond donors (Lipinski definition) is 1. The van der Waals surface area contributed by atoms with Gasteiger partial charge in [-0.2, -0.15) is 5.10 Å². The minimum atomic E-state index is -0.226. The molecular formula is C28H31FN6. The van der Waals surface area contributed by atoms with E-state index in [2.05, 4.69) is 69.2 Å². The molecule has 0 radical (unpaired) electrons. The Balaban J connectivity index is 1.30. The van der Waals surface area contributed by atoms with Gasteiger partial charge in [0.25, 0.3) is 0 Å². The van der Waals surface area contributed by atoms with Crippen molar-refractivity contribution in [1.29, 1.82) is 0 Å². The fraction of sp³-hybridized carbons (Fsp3) is 0.357. The minimum absolute atomic E-state index is 0.226. The van der Waals surface area contributed by atoms with Gasteiger partial charge < -0.3 is 14.8 Å². The second-order valence-corrected chi connectivity index (χ2v) is 9.88. The van der Waals surface area contributed by atoms with Gasteiger partial charge in [0.15, 0.2) is 5.82 Å². The lowest BCUT2D eigenvalue weighted by Crippen LogP contribution is -2.32. The van der Waals surface area contributed by atoms with Crippen LogP contribution >= 0.6 is 0 Å². The second kappa shape index (κ2) is 8.96. The van der Waals surface area contributed by atoms with E-state index < -0.39 is 0 Å². The van der Waals surface area contributed by atoms with Crippen molar-refractivity contribution in [2.45, 2.75) is 39.3 Å². The van der Waals surface area contributed by atoms with E-state index in [-0.39, 0.29) is 5.82 Å². The Morgan fingerprint density at radius 2 is 1.97 bits per heavy atom. The fourth-order valence-corrected chi connectivity index (χ4v) is 5.25. The van der Waals surface area contributed by atoms with Crippen LogP contribution in [0.5, 0.6) is 0 Å². The SMILES string of the molecule is CC[C@@H](C)NC[C@@H]1CCN(c2ccc3c(c2)Cn2cc(-c4ccc(F)cc4)cc2-c2ncnn2-3)C1. The van der Waals surface area contributed by atoms with Crippen molar-refractivity contribution >= 4 is 5.69 Å². The second-order valence-electron chi connectivity index (χ2n) is 9.88. The Bertz CT molecular complexity index is 1340. The molecule has 7 heteroatoms. The molecule has 0 aliphatic carbocycles. The van der Waals surface area contributed by atoms with Gasteiger partial charge in [0, 0.05) is 43.1 Å². The third-order valence-corrected chi connectivity index (χ3v) is 7.50. The lowest BCUT2D eigenvalue weighted by molar-refractivity contribution is 0.456. The Hall–Kier alpha value is -3.45. The number of nitrogens with one attached hydrogen (secondary N) is 1. The van der Waals surface area contributed by atoms with Crippen LogP contribution in [0.3, 0.4) is 0 Å². The van der Waals surface area contributed by atoms with Crippen molar-refractivity contribution in [1.82, 2.24) is 24.6 Å². The molecule has 2 atom stereocenters. The quantitative estimate of drug-likeness (QED) is 0.374. The number of halogens is 1. The van der Waals surface area contributed by atoms with Crippen molar-refractivity contribution in [2.75, 3.05) is 24.5 Å². The molecule has 2 aromatic heterocycles. The maximum atomic E-state index is 13.5. The van der Waals surface area contributed by atoms with E-state index in [1.807, 2.05) is 16.8 Å². The van der Waals surface area contributed by atoms with Crippen molar-refractivity contribution in [3.8, 4) is 28.3 Å². The molecule has 2 aliphatic rings. The number of anilines is 1. The van der Waals surface area contributed by atoms with E-state index in [0.717, 1.165) is 60.9 Å². The summed E-state index contributed by atoms with van der Waals surface area (Å²) in [6.45, 7) is 8.47. The van der Waals surface area contributed by atoms with Crippen LogP contribution < -0.4 is 10.2 Å². The summed E-state index contributed by atoms with van der Waals surface area (Å²) >= 11 is 0. The summed E-state index contributed by atoms with van der Waals surface area (Å²) in [5.74, 6) is 1.27. The number of aromatic nitrogens is 4. The topological polar surface area (TPSA) is 50.9 Å². The highest BCUT2D eigenvalue weighted by atomic mass is 19.1. The molecule has 6 rings (SSSR count). The Morgan fingerprint density at radius 3 is 2.80 bits per heavy atom. The molecule has 0 saturated carbocycles. The average molecular weight is 471 g/mol. The van der Waals surface area contributed by atoms with Crippen LogP contribution in [-0.4, -0.2) is 45.0 Å². The smallest absolute Gasteiger partial charge is 0.179 e. The van der Waals surface area contributed by atoms with Crippen LogP contribution in [0.4, 0.5) is 10.1 Å². The molecule has 1 N–H and O–H groups in total. The highest BCUT2D eigenvalue weighted by Crippen LogP contribution is 2.35. The van der Waals surface area contributed by atoms with E-state index in [4.69, 9.17) is 0 Å². The van der Waals surface area contributed by atoms with Crippen LogP contribution in [0.2, 0.25) is 0 Å². The fourth-order valence-electron chi connectivity index (χ4n) is 5.25. The Kier molecular flexibility index (Phi) is 5.65. The monoisotopic (exact) mass is 470 g/mol. The molecule has 2 aromatic carbocycles. The van der Waals surface area contributed by atoms with Gasteiger partial charge in [-0.1, -0.05) is 19.1 Å². The zero-order valence-electron chi connectivity index (χ0n) is 20.3. The third kappa shape index (κ3) is 4.14. The van der Waals surface area contributed by atoms with Crippen molar-refractivity contribution in [3.05, 3.63) is 72.4 Å². The van der Waals surface area contributed by atoms with Crippen molar-refractivity contribution in [2.24, 2.45) is 5.92 Å². The Morgan fingerprint density at radius 1 is 1.11 bits per heavy atom. The molecule has 6 nitrogen and oxygen atoms in total. The number of hydrogen-bond acceptors (Lipinski definition) is 4. The van der Waals surface area contributed by atoms with Gasteiger partial charge in [-0.05, 0) is 79.8 Å². The molecule has 0 amide bonds. The summed E-state index contributed by atoms with van der Waals surface area (Å²) in [7, 11) is 0. The first-order chi connectivity index (χ1) is 17.1. The lowest BCUT2D eigenvalue weighted by Gasteiger charge is -2.21. The molecule has 2 aliphatic heterocycles. The predicted molar refractivity (Wildman–Crippen MR) is 137 cm³/mol. The summed E-state index contributed by atoms with van der Waals surface area (Å²) in [5, 5.41) is 8.23. The zero-order chi connectivity index (χ0) is 23.9. The number of benzene rings is 2. The van der Waals surface area contributed by atoms with Gasteiger partial charge in [0.1, 0.15) is 12.1 Å². The van der Waals surface area contributed by atoms with Crippen LogP contribution in [-0.2, 0) is 6.54 Å². The summed E-state index contributed by atoms with van der Waals surface area (Å²) in [6, 6.07) is 16.1. The average Bonchev–Trinajstić information content (AvgIpc) is 3.62. The molecule has 0 unspecified atom stereocenters. The van der Waals surface area contributed by atoms with E-state index >= 15 is 0 Å². The molecular weight excluding hydrogens is 439 g/mol. The van der Waals surface area contributed by atoms with Gasteiger partial charge in [-0.25, -0.2) is 14.1 Å². The standard InChI is InChI=1S/C28H31FN6/c1-3-19(2)30-14-20-10-11-33(15-20)25-8-9-26-23(12-25)17-34-16-22(21-4-6-24(29)7-5-21)13-27(34)28-31-18-32-35(26)28/h4-9,12-13,16,18-20,30H,3,10-11,14-15,17H2,1-2H3/t19-,20+/m1/s1. The van der Waals surface area contributed by atoms with E-state index in [1.54, 1.807) is 6.33 Å². The number of fused-ring (bicyclic) bond motifs is 5. The summed E-state index contributed by atoms with van der Waals surface area (Å²) in [5.41, 5.74) is 6.60. The molecule has 1 saturated heterocycles. The Labute approximate surface area is 205 Å². The van der Waals surface area contributed by atoms with Gasteiger partial charge in [0.05, 0.1) is 11.4 Å². The van der Waals surface area contributed by atoms with E-state index in [1.165, 1.54) is 29.8 Å². The lowest BCUT2D eigenvalue weighted by atomic mass is 10.1. The molecule has 35 heavy (non-hydrogen) atoms. The van der Waals surface area contributed by atoms with Crippen LogP contribution in [0, 0.1) is 11.7 Å². The first-order valence-corrected chi connectivity index (χ1v) is 12.6. The molecule has 1 fully saturated rings. The normalized spacial score (nSPS) is 17.6. The maximum absolute atomic E-state index is 13.5. The first kappa shape index (κ1) is 22.0. The molecule has 0 bridgehead atoms. The highest BCUT2D eigenvalue weighted by molar-refractivity contribution is 5.71. The number of nitrogens with zero attached hydrogens (tertiary/aromatic N) is 5. The predicted octanol–water partition coefficient (Wildman–Crippen LogP) is 5.12. The van der Waals surface area contributed by atoms with E-state index in [9.17, 15) is 4.39 Å². The minimum Gasteiger partial charge on any atom is -0.371 e. The third-order valence-electron chi connectivity index (χ3n) is 7.50. The largest absolute Gasteiger partial charge is 0.371 e. The van der Waals surface area contributed by atoms with Gasteiger partial charge >= 0.3 is 0 Å². The van der Waals surface area contributed by atoms with Crippen molar-refractivity contribution < 1.29 is 4.39 Å². The van der Waals surface area contributed by atoms with Gasteiger partial charge in [-0.3, -0.25) is 0 Å². The summed E-state index contributed by atoms with van der Waals surface area (Å²) < 4.78 is 17.6. The van der Waals surface area contributed by atoms with Gasteiger partial charge in [0.2, 0.25) is 0 Å². The summed E-state index contributed by atoms with van der Waals surface area (Å²) in [4.78, 5) is 7.09.